The summed E-state index contributed by atoms with van der Waals surface area (Å²) in [5, 5.41) is 0. The van der Waals surface area contributed by atoms with Crippen LogP contribution in [0.2, 0.25) is 0 Å². The standard InChI is InChI=1S/C12H25NO2/c1-6-7-8-12(4,5)10(3)15-11(14)9(2)13/h9-10H,6-8,13H2,1-5H3. The second-order valence-electron chi connectivity index (χ2n) is 4.96. The highest BCUT2D eigenvalue weighted by atomic mass is 16.5. The first-order valence-electron chi connectivity index (χ1n) is 5.77. The highest BCUT2D eigenvalue weighted by molar-refractivity contribution is 5.75. The van der Waals surface area contributed by atoms with E-state index in [-0.39, 0.29) is 17.5 Å². The first-order chi connectivity index (χ1) is 6.81. The lowest BCUT2D eigenvalue weighted by Gasteiger charge is -2.31. The van der Waals surface area contributed by atoms with Crippen LogP contribution in [0.3, 0.4) is 0 Å². The van der Waals surface area contributed by atoms with Gasteiger partial charge >= 0.3 is 5.97 Å². The summed E-state index contributed by atoms with van der Waals surface area (Å²) in [7, 11) is 0. The van der Waals surface area contributed by atoms with Crippen molar-refractivity contribution in [2.75, 3.05) is 0 Å². The summed E-state index contributed by atoms with van der Waals surface area (Å²) in [5.41, 5.74) is 5.48. The lowest BCUT2D eigenvalue weighted by molar-refractivity contribution is -0.155. The van der Waals surface area contributed by atoms with E-state index >= 15 is 0 Å². The molecule has 0 radical (unpaired) electrons. The fourth-order valence-electron chi connectivity index (χ4n) is 1.28. The van der Waals surface area contributed by atoms with Crippen molar-refractivity contribution in [3.63, 3.8) is 0 Å². The van der Waals surface area contributed by atoms with E-state index in [9.17, 15) is 4.79 Å². The summed E-state index contributed by atoms with van der Waals surface area (Å²) in [6.45, 7) is 10.0. The molecule has 3 heteroatoms. The SMILES string of the molecule is CCCCC(C)(C)C(C)OC(=O)C(C)N. The van der Waals surface area contributed by atoms with Crippen molar-refractivity contribution < 1.29 is 9.53 Å². The van der Waals surface area contributed by atoms with Crippen LogP contribution in [0.1, 0.15) is 53.9 Å². The van der Waals surface area contributed by atoms with Gasteiger partial charge in [0.2, 0.25) is 0 Å². The normalized spacial score (nSPS) is 15.9. The average molecular weight is 215 g/mol. The Labute approximate surface area is 93.4 Å². The molecule has 0 aliphatic carbocycles. The predicted molar refractivity (Wildman–Crippen MR) is 62.5 cm³/mol. The van der Waals surface area contributed by atoms with Gasteiger partial charge in [-0.15, -0.1) is 0 Å². The molecule has 2 atom stereocenters. The van der Waals surface area contributed by atoms with Gasteiger partial charge in [-0.1, -0.05) is 33.6 Å². The number of esters is 1. The van der Waals surface area contributed by atoms with Crippen molar-refractivity contribution in [1.82, 2.24) is 0 Å². The van der Waals surface area contributed by atoms with Gasteiger partial charge in [-0.3, -0.25) is 4.79 Å². The maximum atomic E-state index is 11.3. The number of nitrogens with two attached hydrogens (primary N) is 1. The number of hydrogen-bond donors (Lipinski definition) is 1. The van der Waals surface area contributed by atoms with Gasteiger partial charge in [-0.2, -0.15) is 0 Å². The Morgan fingerprint density at radius 3 is 2.33 bits per heavy atom. The monoisotopic (exact) mass is 215 g/mol. The molecular weight excluding hydrogens is 190 g/mol. The summed E-state index contributed by atoms with van der Waals surface area (Å²) in [6.07, 6.45) is 3.31. The van der Waals surface area contributed by atoms with Crippen molar-refractivity contribution >= 4 is 5.97 Å². The van der Waals surface area contributed by atoms with E-state index in [0.29, 0.717) is 0 Å². The zero-order valence-corrected chi connectivity index (χ0v) is 10.7. The zero-order chi connectivity index (χ0) is 12.1. The van der Waals surface area contributed by atoms with Gasteiger partial charge in [0, 0.05) is 5.41 Å². The minimum Gasteiger partial charge on any atom is -0.461 e. The minimum absolute atomic E-state index is 0.0283. The van der Waals surface area contributed by atoms with E-state index in [4.69, 9.17) is 10.5 Å². The molecule has 90 valence electrons. The first-order valence-corrected chi connectivity index (χ1v) is 5.77. The zero-order valence-electron chi connectivity index (χ0n) is 10.7. The van der Waals surface area contributed by atoms with E-state index < -0.39 is 6.04 Å². The van der Waals surface area contributed by atoms with Gasteiger partial charge in [0.1, 0.15) is 12.1 Å². The fraction of sp³-hybridized carbons (Fsp3) is 0.917. The van der Waals surface area contributed by atoms with Gasteiger partial charge in [-0.05, 0) is 20.3 Å². The predicted octanol–water partition coefficient (Wildman–Crippen LogP) is 2.48. The van der Waals surface area contributed by atoms with Crippen molar-refractivity contribution in [2.24, 2.45) is 11.1 Å². The molecule has 2 unspecified atom stereocenters. The van der Waals surface area contributed by atoms with Gasteiger partial charge < -0.3 is 10.5 Å². The minimum atomic E-state index is -0.533. The Kier molecular flexibility index (Phi) is 5.88. The molecule has 3 nitrogen and oxygen atoms in total. The van der Waals surface area contributed by atoms with Crippen LogP contribution < -0.4 is 5.73 Å². The van der Waals surface area contributed by atoms with Gasteiger partial charge in [0.05, 0.1) is 0 Å². The van der Waals surface area contributed by atoms with Crippen LogP contribution >= 0.6 is 0 Å². The Bertz CT molecular complexity index is 200. The van der Waals surface area contributed by atoms with Crippen molar-refractivity contribution in [3.8, 4) is 0 Å². The number of rotatable bonds is 6. The lowest BCUT2D eigenvalue weighted by atomic mass is 9.82. The third-order valence-electron chi connectivity index (χ3n) is 2.94. The van der Waals surface area contributed by atoms with Gasteiger partial charge in [-0.25, -0.2) is 0 Å². The molecule has 2 N–H and O–H groups in total. The quantitative estimate of drug-likeness (QED) is 0.692. The van der Waals surface area contributed by atoms with Crippen LogP contribution in [0.15, 0.2) is 0 Å². The Morgan fingerprint density at radius 1 is 1.40 bits per heavy atom. The molecule has 0 saturated carbocycles. The summed E-state index contributed by atoms with van der Waals surface area (Å²) >= 11 is 0. The highest BCUT2D eigenvalue weighted by Crippen LogP contribution is 2.29. The van der Waals surface area contributed by atoms with E-state index in [0.717, 1.165) is 19.3 Å². The third kappa shape index (κ3) is 5.17. The van der Waals surface area contributed by atoms with Crippen LogP contribution in [0, 0.1) is 5.41 Å². The maximum absolute atomic E-state index is 11.3. The van der Waals surface area contributed by atoms with E-state index in [1.54, 1.807) is 6.92 Å². The molecule has 15 heavy (non-hydrogen) atoms. The fourth-order valence-corrected chi connectivity index (χ4v) is 1.28. The van der Waals surface area contributed by atoms with E-state index in [1.165, 1.54) is 0 Å². The van der Waals surface area contributed by atoms with Gasteiger partial charge in [0.25, 0.3) is 0 Å². The number of carbonyl (C=O) groups is 1. The first kappa shape index (κ1) is 14.4. The summed E-state index contributed by atoms with van der Waals surface area (Å²) in [6, 6.07) is -0.533. The highest BCUT2D eigenvalue weighted by Gasteiger charge is 2.28. The topological polar surface area (TPSA) is 52.3 Å². The van der Waals surface area contributed by atoms with Crippen molar-refractivity contribution in [2.45, 2.75) is 66.0 Å². The molecule has 0 heterocycles. The Morgan fingerprint density at radius 2 is 1.93 bits per heavy atom. The molecule has 0 aromatic carbocycles. The maximum Gasteiger partial charge on any atom is 0.322 e. The van der Waals surface area contributed by atoms with E-state index in [2.05, 4.69) is 20.8 Å². The van der Waals surface area contributed by atoms with Crippen LogP contribution in [-0.2, 0) is 9.53 Å². The van der Waals surface area contributed by atoms with Crippen molar-refractivity contribution in [3.05, 3.63) is 0 Å². The third-order valence-corrected chi connectivity index (χ3v) is 2.94. The molecule has 0 fully saturated rings. The number of hydrogen-bond acceptors (Lipinski definition) is 3. The molecule has 0 aromatic rings. The number of ether oxygens (including phenoxy) is 1. The van der Waals surface area contributed by atoms with E-state index in [1.807, 2.05) is 6.92 Å². The van der Waals surface area contributed by atoms with Crippen LogP contribution in [0.5, 0.6) is 0 Å². The molecule has 0 saturated heterocycles. The molecule has 0 aromatic heterocycles. The summed E-state index contributed by atoms with van der Waals surface area (Å²) in [5.74, 6) is -0.313. The smallest absolute Gasteiger partial charge is 0.322 e. The Hall–Kier alpha value is -0.570. The average Bonchev–Trinajstić information content (AvgIpc) is 2.14. The molecule has 0 amide bonds. The molecule has 0 aliphatic rings. The van der Waals surface area contributed by atoms with Crippen LogP contribution in [0.4, 0.5) is 0 Å². The largest absolute Gasteiger partial charge is 0.461 e. The molecule has 0 bridgehead atoms. The second kappa shape index (κ2) is 6.11. The van der Waals surface area contributed by atoms with Gasteiger partial charge in [0.15, 0.2) is 0 Å². The lowest BCUT2D eigenvalue weighted by Crippen LogP contribution is -2.37. The molecule has 0 aliphatic heterocycles. The molecular formula is C12H25NO2. The van der Waals surface area contributed by atoms with Crippen molar-refractivity contribution in [1.29, 1.82) is 0 Å². The summed E-state index contributed by atoms with van der Waals surface area (Å²) < 4.78 is 5.31. The molecule has 0 rings (SSSR count). The molecule has 0 spiro atoms. The van der Waals surface area contributed by atoms with Crippen LogP contribution in [0.25, 0.3) is 0 Å². The van der Waals surface area contributed by atoms with Crippen LogP contribution in [-0.4, -0.2) is 18.1 Å². The number of carbonyl (C=O) groups excluding carboxylic acids is 1. The second-order valence-corrected chi connectivity index (χ2v) is 4.96. The summed E-state index contributed by atoms with van der Waals surface area (Å²) in [4.78, 5) is 11.3. The number of unbranched alkanes of at least 4 members (excludes halogenated alkanes) is 1. The Balaban J connectivity index is 4.17.